The van der Waals surface area contributed by atoms with Gasteiger partial charge >= 0.3 is 0 Å². The summed E-state index contributed by atoms with van der Waals surface area (Å²) in [5.74, 6) is 1.05. The minimum absolute atomic E-state index is 0.161. The Labute approximate surface area is 119 Å². The zero-order chi connectivity index (χ0) is 13.8. The number of nitrogens with zero attached hydrogens (tertiary/aromatic N) is 2. The molecule has 0 aliphatic rings. The van der Waals surface area contributed by atoms with Crippen LogP contribution in [0.2, 0.25) is 0 Å². The number of carbonyl (C=O) groups excluding carboxylic acids is 1. The van der Waals surface area contributed by atoms with E-state index < -0.39 is 0 Å². The van der Waals surface area contributed by atoms with Crippen molar-refractivity contribution in [2.24, 2.45) is 0 Å². The molecule has 5 nitrogen and oxygen atoms in total. The topological polar surface area (TPSA) is 68.0 Å². The van der Waals surface area contributed by atoms with Crippen LogP contribution in [-0.4, -0.2) is 15.4 Å². The molecule has 1 N–H and O–H groups in total. The maximum Gasteiger partial charge on any atom is 0.231 e. The highest BCUT2D eigenvalue weighted by molar-refractivity contribution is 7.03. The Hall–Kier alpha value is -2.47. The molecule has 0 saturated carbocycles. The van der Waals surface area contributed by atoms with Gasteiger partial charge in [-0.15, -0.1) is 0 Å². The normalized spacial score (nSPS) is 10.4. The lowest BCUT2D eigenvalue weighted by atomic mass is 10.1. The van der Waals surface area contributed by atoms with Crippen molar-refractivity contribution in [2.45, 2.75) is 6.42 Å². The largest absolute Gasteiger partial charge is 0.356 e. The molecular formula is C14H11N3O2S. The van der Waals surface area contributed by atoms with Gasteiger partial charge in [-0.05, 0) is 17.6 Å². The smallest absolute Gasteiger partial charge is 0.231 e. The third-order valence-corrected chi connectivity index (χ3v) is 3.22. The fourth-order valence-electron chi connectivity index (χ4n) is 1.76. The third kappa shape index (κ3) is 2.92. The Balaban J connectivity index is 1.67. The summed E-state index contributed by atoms with van der Waals surface area (Å²) in [5, 5.41) is 8.41. The number of rotatable bonds is 4. The molecule has 0 radical (unpaired) electrons. The van der Waals surface area contributed by atoms with E-state index in [4.69, 9.17) is 4.52 Å². The van der Waals surface area contributed by atoms with Crippen LogP contribution in [0, 0.1) is 0 Å². The van der Waals surface area contributed by atoms with Crippen molar-refractivity contribution >= 4 is 23.3 Å². The SMILES string of the molecule is O=C(Cc1cc(-c2ccccc2)on1)Nc1ccsn1. The highest BCUT2D eigenvalue weighted by atomic mass is 32.1. The molecule has 0 fully saturated rings. The Kier molecular flexibility index (Phi) is 3.56. The number of hydrogen-bond donors (Lipinski definition) is 1. The molecule has 100 valence electrons. The first-order chi connectivity index (χ1) is 9.81. The van der Waals surface area contributed by atoms with Gasteiger partial charge < -0.3 is 9.84 Å². The summed E-state index contributed by atoms with van der Waals surface area (Å²) < 4.78 is 9.26. The van der Waals surface area contributed by atoms with Crippen LogP contribution in [0.3, 0.4) is 0 Å². The van der Waals surface area contributed by atoms with Crippen molar-refractivity contribution in [2.75, 3.05) is 5.32 Å². The molecule has 0 aliphatic carbocycles. The third-order valence-electron chi connectivity index (χ3n) is 2.66. The van der Waals surface area contributed by atoms with Crippen molar-refractivity contribution in [1.82, 2.24) is 9.53 Å². The minimum atomic E-state index is -0.163. The van der Waals surface area contributed by atoms with Crippen LogP contribution in [0.5, 0.6) is 0 Å². The predicted molar refractivity (Wildman–Crippen MR) is 76.4 cm³/mol. The molecule has 0 saturated heterocycles. The van der Waals surface area contributed by atoms with Gasteiger partial charge in [-0.3, -0.25) is 4.79 Å². The van der Waals surface area contributed by atoms with Crippen molar-refractivity contribution < 1.29 is 9.32 Å². The molecule has 2 heterocycles. The first-order valence-corrected chi connectivity index (χ1v) is 6.86. The second-order valence-corrected chi connectivity index (χ2v) is 4.82. The van der Waals surface area contributed by atoms with Crippen LogP contribution in [0.25, 0.3) is 11.3 Å². The van der Waals surface area contributed by atoms with E-state index in [2.05, 4.69) is 14.8 Å². The quantitative estimate of drug-likeness (QED) is 0.800. The zero-order valence-corrected chi connectivity index (χ0v) is 11.3. The molecule has 1 amide bonds. The van der Waals surface area contributed by atoms with Gasteiger partial charge in [-0.1, -0.05) is 35.5 Å². The molecule has 0 unspecified atom stereocenters. The van der Waals surface area contributed by atoms with E-state index in [-0.39, 0.29) is 12.3 Å². The summed E-state index contributed by atoms with van der Waals surface area (Å²) in [6.45, 7) is 0. The van der Waals surface area contributed by atoms with Gasteiger partial charge in [0, 0.05) is 17.0 Å². The summed E-state index contributed by atoms with van der Waals surface area (Å²) in [6, 6.07) is 13.2. The summed E-state index contributed by atoms with van der Waals surface area (Å²) in [5.41, 5.74) is 1.53. The molecule has 3 aromatic rings. The lowest BCUT2D eigenvalue weighted by Gasteiger charge is -1.97. The fraction of sp³-hybridized carbons (Fsp3) is 0.0714. The average Bonchev–Trinajstić information content (AvgIpc) is 3.11. The summed E-state index contributed by atoms with van der Waals surface area (Å²) in [6.07, 6.45) is 0.161. The van der Waals surface area contributed by atoms with E-state index in [1.54, 1.807) is 17.5 Å². The number of carbonyl (C=O) groups is 1. The number of anilines is 1. The molecule has 3 rings (SSSR count). The molecule has 1 aromatic carbocycles. The molecule has 0 bridgehead atoms. The highest BCUT2D eigenvalue weighted by Crippen LogP contribution is 2.20. The Morgan fingerprint density at radius 2 is 2.10 bits per heavy atom. The molecular weight excluding hydrogens is 274 g/mol. The number of nitrogens with one attached hydrogen (secondary N) is 1. The number of aromatic nitrogens is 2. The number of benzene rings is 1. The van der Waals surface area contributed by atoms with Gasteiger partial charge in [0.2, 0.25) is 5.91 Å². The van der Waals surface area contributed by atoms with E-state index in [0.717, 1.165) is 5.56 Å². The summed E-state index contributed by atoms with van der Waals surface area (Å²) in [7, 11) is 0. The van der Waals surface area contributed by atoms with Crippen molar-refractivity contribution in [3.63, 3.8) is 0 Å². The lowest BCUT2D eigenvalue weighted by molar-refractivity contribution is -0.115. The van der Waals surface area contributed by atoms with Crippen LogP contribution in [0.4, 0.5) is 5.82 Å². The second kappa shape index (κ2) is 5.66. The van der Waals surface area contributed by atoms with E-state index in [9.17, 15) is 4.79 Å². The van der Waals surface area contributed by atoms with Gasteiger partial charge in [0.1, 0.15) is 5.82 Å². The first-order valence-electron chi connectivity index (χ1n) is 6.02. The van der Waals surface area contributed by atoms with Gasteiger partial charge in [-0.2, -0.15) is 4.37 Å². The summed E-state index contributed by atoms with van der Waals surface area (Å²) >= 11 is 1.29. The van der Waals surface area contributed by atoms with E-state index in [0.29, 0.717) is 17.3 Å². The van der Waals surface area contributed by atoms with E-state index in [1.807, 2.05) is 30.3 Å². The number of hydrogen-bond acceptors (Lipinski definition) is 5. The van der Waals surface area contributed by atoms with Gasteiger partial charge in [0.25, 0.3) is 0 Å². The lowest BCUT2D eigenvalue weighted by Crippen LogP contribution is -2.14. The molecule has 0 spiro atoms. The van der Waals surface area contributed by atoms with Crippen LogP contribution in [-0.2, 0) is 11.2 Å². The Bertz CT molecular complexity index is 692. The van der Waals surface area contributed by atoms with Crippen LogP contribution < -0.4 is 5.32 Å². The molecule has 0 atom stereocenters. The van der Waals surface area contributed by atoms with Crippen LogP contribution in [0.15, 0.2) is 52.4 Å². The average molecular weight is 285 g/mol. The summed E-state index contributed by atoms with van der Waals surface area (Å²) in [4.78, 5) is 11.8. The second-order valence-electron chi connectivity index (χ2n) is 4.16. The van der Waals surface area contributed by atoms with E-state index in [1.165, 1.54) is 11.5 Å². The maximum atomic E-state index is 11.8. The fourth-order valence-corrected chi connectivity index (χ4v) is 2.23. The van der Waals surface area contributed by atoms with Crippen molar-refractivity contribution in [1.29, 1.82) is 0 Å². The number of amides is 1. The Morgan fingerprint density at radius 3 is 2.85 bits per heavy atom. The molecule has 2 aromatic heterocycles. The molecule has 0 aliphatic heterocycles. The monoisotopic (exact) mass is 285 g/mol. The van der Waals surface area contributed by atoms with Crippen molar-refractivity contribution in [3.8, 4) is 11.3 Å². The molecule has 6 heteroatoms. The Morgan fingerprint density at radius 1 is 1.25 bits per heavy atom. The standard InChI is InChI=1S/C14H11N3O2S/c18-14(15-13-6-7-20-17-13)9-11-8-12(19-16-11)10-4-2-1-3-5-10/h1-8H,9H2,(H,15,17,18). The van der Waals surface area contributed by atoms with Crippen LogP contribution >= 0.6 is 11.5 Å². The van der Waals surface area contributed by atoms with Crippen LogP contribution in [0.1, 0.15) is 5.69 Å². The van der Waals surface area contributed by atoms with E-state index >= 15 is 0 Å². The first kappa shape index (κ1) is 12.6. The highest BCUT2D eigenvalue weighted by Gasteiger charge is 2.11. The molecule has 20 heavy (non-hydrogen) atoms. The minimum Gasteiger partial charge on any atom is -0.356 e. The van der Waals surface area contributed by atoms with Crippen molar-refractivity contribution in [3.05, 3.63) is 53.5 Å². The van der Waals surface area contributed by atoms with Gasteiger partial charge in [0.05, 0.1) is 12.1 Å². The zero-order valence-electron chi connectivity index (χ0n) is 10.4. The van der Waals surface area contributed by atoms with Gasteiger partial charge in [0.15, 0.2) is 5.76 Å². The predicted octanol–water partition coefficient (Wildman–Crippen LogP) is 2.98. The van der Waals surface area contributed by atoms with Gasteiger partial charge in [-0.25, -0.2) is 0 Å². The maximum absolute atomic E-state index is 11.8.